The van der Waals surface area contributed by atoms with Crippen LogP contribution in [0.25, 0.3) is 0 Å². The zero-order valence-corrected chi connectivity index (χ0v) is 10.1. The molecular weight excluding hydrogens is 239 g/mol. The van der Waals surface area contributed by atoms with Crippen LogP contribution in [-0.4, -0.2) is 58.2 Å². The molecule has 2 rings (SSSR count). The molecule has 0 spiro atoms. The summed E-state index contributed by atoms with van der Waals surface area (Å²) in [4.78, 5) is 22.8. The summed E-state index contributed by atoms with van der Waals surface area (Å²) in [7, 11) is 0. The average Bonchev–Trinajstić information content (AvgIpc) is 2.39. The van der Waals surface area contributed by atoms with Gasteiger partial charge in [-0.1, -0.05) is 0 Å². The molecule has 7 heteroatoms. The number of carbonyl (C=O) groups excluding carboxylic acids is 1. The number of rotatable bonds is 2. The summed E-state index contributed by atoms with van der Waals surface area (Å²) < 4.78 is 12.7. The Bertz CT molecular complexity index is 416. The number of carbonyl (C=O) groups is 1. The Hall–Kier alpha value is -1.76. The summed E-state index contributed by atoms with van der Waals surface area (Å²) in [6.07, 6.45) is 1.27. The molecule has 0 aromatic carbocycles. The molecule has 98 valence electrons. The largest absolute Gasteiger partial charge is 0.384 e. The van der Waals surface area contributed by atoms with Crippen molar-refractivity contribution >= 4 is 11.9 Å². The van der Waals surface area contributed by atoms with Crippen molar-refractivity contribution in [1.29, 1.82) is 0 Å². The lowest BCUT2D eigenvalue weighted by Crippen LogP contribution is -2.51. The second kappa shape index (κ2) is 5.26. The minimum atomic E-state index is -0.973. The van der Waals surface area contributed by atoms with Crippen LogP contribution in [-0.2, 0) is 4.79 Å². The van der Waals surface area contributed by atoms with E-state index in [4.69, 9.17) is 0 Å². The highest BCUT2D eigenvalue weighted by atomic mass is 19.1. The quantitative estimate of drug-likeness (QED) is 0.781. The predicted octanol–water partition coefficient (Wildman–Crippen LogP) is -0.355. The molecule has 2 heterocycles. The molecule has 0 saturated carbocycles. The third-order valence-corrected chi connectivity index (χ3v) is 2.84. The van der Waals surface area contributed by atoms with Gasteiger partial charge in [0.2, 0.25) is 5.95 Å². The number of aromatic nitrogens is 2. The maximum absolute atomic E-state index is 12.7. The molecule has 0 bridgehead atoms. The molecule has 0 radical (unpaired) electrons. The summed E-state index contributed by atoms with van der Waals surface area (Å²) in [5, 5.41) is 9.22. The van der Waals surface area contributed by atoms with Crippen molar-refractivity contribution in [2.75, 3.05) is 31.1 Å². The monoisotopic (exact) mass is 254 g/mol. The number of hydrogen-bond donors (Lipinski definition) is 1. The van der Waals surface area contributed by atoms with Crippen LogP contribution in [0.3, 0.4) is 0 Å². The predicted molar refractivity (Wildman–Crippen MR) is 62.5 cm³/mol. The fraction of sp³-hybridized carbons (Fsp3) is 0.545. The van der Waals surface area contributed by atoms with Crippen molar-refractivity contribution in [1.82, 2.24) is 14.9 Å². The standard InChI is InChI=1S/C11H15FN4O2/c1-8(17)10(18)15-2-4-16(5-3-15)11-13-6-9(12)7-14-11/h6-8,17H,2-5H2,1H3/t8-/m1/s1. The normalized spacial score (nSPS) is 17.7. The van der Waals surface area contributed by atoms with Gasteiger partial charge in [-0.25, -0.2) is 14.4 Å². The third kappa shape index (κ3) is 2.73. The van der Waals surface area contributed by atoms with Gasteiger partial charge in [-0.3, -0.25) is 4.79 Å². The van der Waals surface area contributed by atoms with Crippen LogP contribution in [0, 0.1) is 5.82 Å². The van der Waals surface area contributed by atoms with Gasteiger partial charge in [-0.05, 0) is 6.92 Å². The van der Waals surface area contributed by atoms with Crippen LogP contribution in [0.2, 0.25) is 0 Å². The van der Waals surface area contributed by atoms with E-state index in [1.165, 1.54) is 6.92 Å². The number of aliphatic hydroxyl groups is 1. The first-order chi connectivity index (χ1) is 8.58. The van der Waals surface area contributed by atoms with E-state index in [0.717, 1.165) is 12.4 Å². The Balaban J connectivity index is 1.94. The zero-order valence-electron chi connectivity index (χ0n) is 10.1. The minimum Gasteiger partial charge on any atom is -0.384 e. The van der Waals surface area contributed by atoms with Crippen molar-refractivity contribution in [2.45, 2.75) is 13.0 Å². The van der Waals surface area contributed by atoms with E-state index in [-0.39, 0.29) is 5.91 Å². The van der Waals surface area contributed by atoms with Gasteiger partial charge in [-0.15, -0.1) is 0 Å². The number of piperazine rings is 1. The summed E-state index contributed by atoms with van der Waals surface area (Å²) in [5.74, 6) is -0.281. The van der Waals surface area contributed by atoms with Crippen LogP contribution < -0.4 is 4.90 Å². The SMILES string of the molecule is C[C@@H](O)C(=O)N1CCN(c2ncc(F)cn2)CC1. The highest BCUT2D eigenvalue weighted by molar-refractivity contribution is 5.80. The lowest BCUT2D eigenvalue weighted by molar-refractivity contribution is -0.139. The van der Waals surface area contributed by atoms with E-state index in [9.17, 15) is 14.3 Å². The van der Waals surface area contributed by atoms with Crippen molar-refractivity contribution in [3.05, 3.63) is 18.2 Å². The van der Waals surface area contributed by atoms with E-state index in [0.29, 0.717) is 32.1 Å². The van der Waals surface area contributed by atoms with Crippen LogP contribution in [0.1, 0.15) is 6.92 Å². The molecule has 1 saturated heterocycles. The molecule has 1 aliphatic heterocycles. The number of nitrogens with zero attached hydrogens (tertiary/aromatic N) is 4. The first-order valence-corrected chi connectivity index (χ1v) is 5.77. The summed E-state index contributed by atoms with van der Waals surface area (Å²) >= 11 is 0. The molecule has 1 N–H and O–H groups in total. The third-order valence-electron chi connectivity index (χ3n) is 2.84. The first-order valence-electron chi connectivity index (χ1n) is 5.77. The maximum Gasteiger partial charge on any atom is 0.251 e. The van der Waals surface area contributed by atoms with Gasteiger partial charge in [0.25, 0.3) is 5.91 Å². The lowest BCUT2D eigenvalue weighted by atomic mass is 10.2. The van der Waals surface area contributed by atoms with E-state index in [1.54, 1.807) is 4.90 Å². The van der Waals surface area contributed by atoms with Crippen LogP contribution >= 0.6 is 0 Å². The number of amides is 1. The number of aliphatic hydroxyl groups excluding tert-OH is 1. The minimum absolute atomic E-state index is 0.269. The molecule has 0 unspecified atom stereocenters. The van der Waals surface area contributed by atoms with Gasteiger partial charge in [0.15, 0.2) is 5.82 Å². The number of hydrogen-bond acceptors (Lipinski definition) is 5. The topological polar surface area (TPSA) is 69.6 Å². The zero-order chi connectivity index (χ0) is 13.1. The van der Waals surface area contributed by atoms with Gasteiger partial charge in [0, 0.05) is 26.2 Å². The van der Waals surface area contributed by atoms with Gasteiger partial charge >= 0.3 is 0 Å². The van der Waals surface area contributed by atoms with Crippen molar-refractivity contribution in [3.8, 4) is 0 Å². The van der Waals surface area contributed by atoms with Crippen molar-refractivity contribution < 1.29 is 14.3 Å². The molecule has 1 atom stereocenters. The molecule has 1 fully saturated rings. The van der Waals surface area contributed by atoms with Crippen LogP contribution in [0.15, 0.2) is 12.4 Å². The number of halogens is 1. The average molecular weight is 254 g/mol. The fourth-order valence-corrected chi connectivity index (χ4v) is 1.86. The second-order valence-electron chi connectivity index (χ2n) is 4.19. The Morgan fingerprint density at radius 1 is 1.33 bits per heavy atom. The Kier molecular flexibility index (Phi) is 3.71. The van der Waals surface area contributed by atoms with Gasteiger partial charge in [0.1, 0.15) is 6.10 Å². The molecule has 1 aliphatic rings. The van der Waals surface area contributed by atoms with Crippen LogP contribution in [0.5, 0.6) is 0 Å². The van der Waals surface area contributed by atoms with Gasteiger partial charge < -0.3 is 14.9 Å². The molecule has 1 amide bonds. The highest BCUT2D eigenvalue weighted by Crippen LogP contribution is 2.11. The van der Waals surface area contributed by atoms with E-state index >= 15 is 0 Å². The fourth-order valence-electron chi connectivity index (χ4n) is 1.86. The summed E-state index contributed by atoms with van der Waals surface area (Å²) in [5.41, 5.74) is 0. The molecular formula is C11H15FN4O2. The molecule has 18 heavy (non-hydrogen) atoms. The molecule has 6 nitrogen and oxygen atoms in total. The van der Waals surface area contributed by atoms with E-state index < -0.39 is 11.9 Å². The highest BCUT2D eigenvalue weighted by Gasteiger charge is 2.24. The van der Waals surface area contributed by atoms with E-state index in [1.807, 2.05) is 4.90 Å². The molecule has 1 aromatic heterocycles. The smallest absolute Gasteiger partial charge is 0.251 e. The Morgan fingerprint density at radius 3 is 2.39 bits per heavy atom. The summed E-state index contributed by atoms with van der Waals surface area (Å²) in [6.45, 7) is 3.61. The van der Waals surface area contributed by atoms with E-state index in [2.05, 4.69) is 9.97 Å². The van der Waals surface area contributed by atoms with Gasteiger partial charge in [0.05, 0.1) is 12.4 Å². The van der Waals surface area contributed by atoms with Crippen molar-refractivity contribution in [3.63, 3.8) is 0 Å². The summed E-state index contributed by atoms with van der Waals surface area (Å²) in [6, 6.07) is 0. The first kappa shape index (κ1) is 12.7. The number of anilines is 1. The maximum atomic E-state index is 12.7. The lowest BCUT2D eigenvalue weighted by Gasteiger charge is -2.35. The van der Waals surface area contributed by atoms with Crippen molar-refractivity contribution in [2.24, 2.45) is 0 Å². The van der Waals surface area contributed by atoms with Gasteiger partial charge in [-0.2, -0.15) is 0 Å². The Morgan fingerprint density at radius 2 is 1.89 bits per heavy atom. The second-order valence-corrected chi connectivity index (χ2v) is 4.19. The molecule has 0 aliphatic carbocycles. The Labute approximate surface area is 104 Å². The molecule has 1 aromatic rings. The van der Waals surface area contributed by atoms with Crippen LogP contribution in [0.4, 0.5) is 10.3 Å².